The van der Waals surface area contributed by atoms with E-state index in [9.17, 15) is 18.0 Å². The highest BCUT2D eigenvalue weighted by atomic mass is 32.1. The van der Waals surface area contributed by atoms with Crippen molar-refractivity contribution in [2.24, 2.45) is 0 Å². The summed E-state index contributed by atoms with van der Waals surface area (Å²) in [6.07, 6.45) is -4.30. The van der Waals surface area contributed by atoms with Gasteiger partial charge in [-0.1, -0.05) is 18.2 Å². The molecule has 0 saturated carbocycles. The van der Waals surface area contributed by atoms with E-state index in [2.05, 4.69) is 9.97 Å². The molecule has 0 aliphatic rings. The lowest BCUT2D eigenvalue weighted by atomic mass is 10.1. The smallest absolute Gasteiger partial charge is 0.416 e. The van der Waals surface area contributed by atoms with Crippen molar-refractivity contribution in [3.05, 3.63) is 64.0 Å². The SMILES string of the molecule is Cc1nc(-c2ccc(C(F)(F)F)cc2)sc1COc1ccc(C)c2nc(CCC(=O)O)oc12. The van der Waals surface area contributed by atoms with Crippen LogP contribution in [0.5, 0.6) is 5.75 Å². The van der Waals surface area contributed by atoms with Gasteiger partial charge in [0.1, 0.15) is 17.1 Å². The van der Waals surface area contributed by atoms with Gasteiger partial charge >= 0.3 is 12.1 Å². The first-order chi connectivity index (χ1) is 15.6. The third-order valence-electron chi connectivity index (χ3n) is 5.02. The van der Waals surface area contributed by atoms with Gasteiger partial charge in [0.25, 0.3) is 0 Å². The van der Waals surface area contributed by atoms with Crippen molar-refractivity contribution in [1.29, 1.82) is 0 Å². The summed E-state index contributed by atoms with van der Waals surface area (Å²) < 4.78 is 50.1. The number of aliphatic carboxylic acids is 1. The summed E-state index contributed by atoms with van der Waals surface area (Å²) in [5.74, 6) is -0.145. The summed E-state index contributed by atoms with van der Waals surface area (Å²) in [7, 11) is 0. The topological polar surface area (TPSA) is 85.5 Å². The number of benzene rings is 2. The molecule has 0 bridgehead atoms. The monoisotopic (exact) mass is 476 g/mol. The van der Waals surface area contributed by atoms with Crippen LogP contribution < -0.4 is 4.74 Å². The van der Waals surface area contributed by atoms with Gasteiger partial charge < -0.3 is 14.3 Å². The molecule has 0 amide bonds. The normalized spacial score (nSPS) is 11.8. The Hall–Kier alpha value is -3.40. The molecule has 0 unspecified atom stereocenters. The molecule has 2 heterocycles. The number of thiazole rings is 1. The molecule has 0 atom stereocenters. The van der Waals surface area contributed by atoms with E-state index in [1.54, 1.807) is 6.07 Å². The number of aromatic nitrogens is 2. The first kappa shape index (κ1) is 22.8. The Kier molecular flexibility index (Phi) is 6.11. The Labute approximate surface area is 190 Å². The minimum Gasteiger partial charge on any atom is -0.484 e. The van der Waals surface area contributed by atoms with E-state index in [4.69, 9.17) is 14.3 Å². The van der Waals surface area contributed by atoms with Gasteiger partial charge in [0, 0.05) is 12.0 Å². The fraction of sp³-hybridized carbons (Fsp3) is 0.261. The molecule has 0 aliphatic heterocycles. The predicted molar refractivity (Wildman–Crippen MR) is 116 cm³/mol. The highest BCUT2D eigenvalue weighted by molar-refractivity contribution is 7.15. The zero-order chi connectivity index (χ0) is 23.8. The number of ether oxygens (including phenoxy) is 1. The van der Waals surface area contributed by atoms with Crippen LogP contribution in [0.4, 0.5) is 13.2 Å². The first-order valence-corrected chi connectivity index (χ1v) is 10.8. The number of carboxylic acid groups (broad SMARTS) is 1. The summed E-state index contributed by atoms with van der Waals surface area (Å²) in [5, 5.41) is 9.48. The number of aryl methyl sites for hydroxylation is 3. The van der Waals surface area contributed by atoms with Gasteiger partial charge in [-0.15, -0.1) is 11.3 Å². The second-order valence-corrected chi connectivity index (χ2v) is 8.53. The van der Waals surface area contributed by atoms with Crippen molar-refractivity contribution in [1.82, 2.24) is 9.97 Å². The highest BCUT2D eigenvalue weighted by Gasteiger charge is 2.30. The molecule has 0 fully saturated rings. The summed E-state index contributed by atoms with van der Waals surface area (Å²) in [5.41, 5.74) is 2.54. The van der Waals surface area contributed by atoms with E-state index in [-0.39, 0.29) is 19.4 Å². The Balaban J connectivity index is 1.53. The number of carboxylic acids is 1. The van der Waals surface area contributed by atoms with E-state index < -0.39 is 17.7 Å². The number of hydrogen-bond donors (Lipinski definition) is 1. The maximum absolute atomic E-state index is 12.8. The standard InChI is InChI=1S/C23H19F3N2O4S/c1-12-3-8-16(21-20(12)28-18(32-21)9-10-19(29)30)31-11-17-13(2)27-22(33-17)14-4-6-15(7-5-14)23(24,25)26/h3-8H,9-11H2,1-2H3,(H,29,30). The van der Waals surface area contributed by atoms with Gasteiger partial charge in [-0.05, 0) is 37.6 Å². The van der Waals surface area contributed by atoms with Crippen LogP contribution in [0.25, 0.3) is 21.7 Å². The van der Waals surface area contributed by atoms with Crippen LogP contribution in [-0.4, -0.2) is 21.0 Å². The van der Waals surface area contributed by atoms with Crippen LogP contribution >= 0.6 is 11.3 Å². The summed E-state index contributed by atoms with van der Waals surface area (Å²) in [4.78, 5) is 20.5. The molecule has 2 aromatic heterocycles. The van der Waals surface area contributed by atoms with Crippen LogP contribution in [-0.2, 0) is 24.0 Å². The fourth-order valence-corrected chi connectivity index (χ4v) is 4.20. The van der Waals surface area contributed by atoms with Crippen LogP contribution in [0.3, 0.4) is 0 Å². The van der Waals surface area contributed by atoms with Crippen molar-refractivity contribution < 1.29 is 32.2 Å². The molecule has 2 aromatic carbocycles. The molecular weight excluding hydrogens is 457 g/mol. The van der Waals surface area contributed by atoms with Crippen molar-refractivity contribution >= 4 is 28.4 Å². The van der Waals surface area contributed by atoms with Crippen molar-refractivity contribution in [2.75, 3.05) is 0 Å². The Bertz CT molecular complexity index is 1310. The Morgan fingerprint density at radius 3 is 2.52 bits per heavy atom. The number of rotatable bonds is 7. The highest BCUT2D eigenvalue weighted by Crippen LogP contribution is 2.34. The molecule has 33 heavy (non-hydrogen) atoms. The van der Waals surface area contributed by atoms with Crippen LogP contribution in [0.1, 0.15) is 34.0 Å². The van der Waals surface area contributed by atoms with E-state index in [0.29, 0.717) is 33.3 Å². The quantitative estimate of drug-likeness (QED) is 0.343. The average Bonchev–Trinajstić information content (AvgIpc) is 3.36. The number of nitrogens with zero attached hydrogens (tertiary/aromatic N) is 2. The molecule has 0 saturated heterocycles. The molecule has 4 aromatic rings. The number of carbonyl (C=O) groups is 1. The number of hydrogen-bond acceptors (Lipinski definition) is 6. The van der Waals surface area contributed by atoms with Crippen LogP contribution in [0.15, 0.2) is 40.8 Å². The van der Waals surface area contributed by atoms with Gasteiger partial charge in [-0.2, -0.15) is 13.2 Å². The number of fused-ring (bicyclic) bond motifs is 1. The minimum atomic E-state index is -4.39. The lowest BCUT2D eigenvalue weighted by Gasteiger charge is -2.06. The largest absolute Gasteiger partial charge is 0.484 e. The number of halogens is 3. The summed E-state index contributed by atoms with van der Waals surface area (Å²) in [6.45, 7) is 3.87. The van der Waals surface area contributed by atoms with Crippen LogP contribution in [0, 0.1) is 13.8 Å². The number of alkyl halides is 3. The molecule has 172 valence electrons. The molecular formula is C23H19F3N2O4S. The fourth-order valence-electron chi connectivity index (χ4n) is 3.22. The minimum absolute atomic E-state index is 0.0884. The summed E-state index contributed by atoms with van der Waals surface area (Å²) >= 11 is 1.34. The lowest BCUT2D eigenvalue weighted by molar-refractivity contribution is -0.138. The predicted octanol–water partition coefficient (Wildman–Crippen LogP) is 6.18. The second kappa shape index (κ2) is 8.86. The van der Waals surface area contributed by atoms with Gasteiger partial charge in [-0.3, -0.25) is 4.79 Å². The summed E-state index contributed by atoms with van der Waals surface area (Å²) in [6, 6.07) is 8.49. The van der Waals surface area contributed by atoms with Crippen molar-refractivity contribution in [3.63, 3.8) is 0 Å². The molecule has 4 rings (SSSR count). The molecule has 6 nitrogen and oxygen atoms in total. The molecule has 0 aliphatic carbocycles. The first-order valence-electron chi connectivity index (χ1n) is 9.99. The zero-order valence-corrected chi connectivity index (χ0v) is 18.5. The van der Waals surface area contributed by atoms with Crippen molar-refractivity contribution in [3.8, 4) is 16.3 Å². The maximum Gasteiger partial charge on any atom is 0.416 e. The van der Waals surface area contributed by atoms with E-state index in [0.717, 1.165) is 28.3 Å². The number of oxazole rings is 1. The second-order valence-electron chi connectivity index (χ2n) is 7.45. The third-order valence-corrected chi connectivity index (χ3v) is 6.20. The van der Waals surface area contributed by atoms with E-state index >= 15 is 0 Å². The maximum atomic E-state index is 12.8. The van der Waals surface area contributed by atoms with Crippen molar-refractivity contribution in [2.45, 2.75) is 39.5 Å². The zero-order valence-electron chi connectivity index (χ0n) is 17.7. The van der Waals surface area contributed by atoms with Gasteiger partial charge in [0.05, 0.1) is 22.6 Å². The molecule has 1 N–H and O–H groups in total. The lowest BCUT2D eigenvalue weighted by Crippen LogP contribution is -2.03. The molecule has 0 spiro atoms. The third kappa shape index (κ3) is 5.00. The van der Waals surface area contributed by atoms with Gasteiger partial charge in [0.2, 0.25) is 0 Å². The Morgan fingerprint density at radius 2 is 1.85 bits per heavy atom. The van der Waals surface area contributed by atoms with E-state index in [1.165, 1.54) is 23.5 Å². The average molecular weight is 476 g/mol. The van der Waals surface area contributed by atoms with Crippen LogP contribution in [0.2, 0.25) is 0 Å². The molecule has 0 radical (unpaired) electrons. The Morgan fingerprint density at radius 1 is 1.12 bits per heavy atom. The van der Waals surface area contributed by atoms with Gasteiger partial charge in [-0.25, -0.2) is 9.97 Å². The molecule has 10 heteroatoms. The van der Waals surface area contributed by atoms with E-state index in [1.807, 2.05) is 19.9 Å². The van der Waals surface area contributed by atoms with Gasteiger partial charge in [0.15, 0.2) is 17.2 Å².